The Balaban J connectivity index is 1.42. The molecule has 6 heteroatoms. The SMILES string of the molecule is Cc1cc(C)c2oc(-c3ccc(NC(=O)COc4ccc(Br)cc4)cc3)nc2c1. The molecule has 1 heterocycles. The van der Waals surface area contributed by atoms with Gasteiger partial charge in [-0.15, -0.1) is 0 Å². The van der Waals surface area contributed by atoms with E-state index >= 15 is 0 Å². The zero-order valence-corrected chi connectivity index (χ0v) is 17.6. The van der Waals surface area contributed by atoms with E-state index < -0.39 is 0 Å². The molecule has 1 N–H and O–H groups in total. The number of carbonyl (C=O) groups excluding carboxylic acids is 1. The van der Waals surface area contributed by atoms with Gasteiger partial charge in [-0.05, 0) is 79.6 Å². The summed E-state index contributed by atoms with van der Waals surface area (Å²) in [6.45, 7) is 3.99. The van der Waals surface area contributed by atoms with Gasteiger partial charge in [0.05, 0.1) is 0 Å². The lowest BCUT2D eigenvalue weighted by atomic mass is 10.1. The molecular weight excluding hydrogens is 432 g/mol. The van der Waals surface area contributed by atoms with Crippen molar-refractivity contribution < 1.29 is 13.9 Å². The fourth-order valence-electron chi connectivity index (χ4n) is 3.07. The quantitative estimate of drug-likeness (QED) is 0.411. The Morgan fingerprint density at radius 2 is 1.79 bits per heavy atom. The topological polar surface area (TPSA) is 64.4 Å². The number of oxazole rings is 1. The van der Waals surface area contributed by atoms with Crippen LogP contribution in [0.2, 0.25) is 0 Å². The summed E-state index contributed by atoms with van der Waals surface area (Å²) in [6, 6.07) is 18.8. The van der Waals surface area contributed by atoms with Crippen molar-refractivity contribution in [2.45, 2.75) is 13.8 Å². The maximum Gasteiger partial charge on any atom is 0.262 e. The van der Waals surface area contributed by atoms with Gasteiger partial charge in [0.25, 0.3) is 5.91 Å². The largest absolute Gasteiger partial charge is 0.484 e. The van der Waals surface area contributed by atoms with Gasteiger partial charge in [-0.25, -0.2) is 4.98 Å². The highest BCUT2D eigenvalue weighted by molar-refractivity contribution is 9.10. The first kappa shape index (κ1) is 19.2. The van der Waals surface area contributed by atoms with E-state index in [2.05, 4.69) is 32.3 Å². The van der Waals surface area contributed by atoms with Crippen molar-refractivity contribution in [3.8, 4) is 17.2 Å². The van der Waals surface area contributed by atoms with E-state index in [1.54, 1.807) is 12.1 Å². The number of aryl methyl sites for hydroxylation is 2. The average molecular weight is 451 g/mol. The van der Waals surface area contributed by atoms with Gasteiger partial charge in [-0.2, -0.15) is 0 Å². The Morgan fingerprint density at radius 3 is 2.52 bits per heavy atom. The molecule has 0 atom stereocenters. The molecule has 29 heavy (non-hydrogen) atoms. The summed E-state index contributed by atoms with van der Waals surface area (Å²) in [4.78, 5) is 16.7. The van der Waals surface area contributed by atoms with Gasteiger partial charge >= 0.3 is 0 Å². The number of anilines is 1. The van der Waals surface area contributed by atoms with Gasteiger partial charge in [-0.3, -0.25) is 4.79 Å². The third-order valence-corrected chi connectivity index (χ3v) is 4.95. The molecule has 0 aliphatic heterocycles. The van der Waals surface area contributed by atoms with Gasteiger partial charge in [0.15, 0.2) is 12.2 Å². The summed E-state index contributed by atoms with van der Waals surface area (Å²) in [7, 11) is 0. The van der Waals surface area contributed by atoms with Crippen molar-refractivity contribution in [2.75, 3.05) is 11.9 Å². The Kier molecular flexibility index (Phi) is 5.36. The van der Waals surface area contributed by atoms with Crippen LogP contribution in [0.3, 0.4) is 0 Å². The zero-order chi connectivity index (χ0) is 20.4. The molecule has 0 spiro atoms. The van der Waals surface area contributed by atoms with Crippen molar-refractivity contribution in [3.63, 3.8) is 0 Å². The Morgan fingerprint density at radius 1 is 1.07 bits per heavy atom. The van der Waals surface area contributed by atoms with Crippen LogP contribution in [0.15, 0.2) is 69.6 Å². The highest BCUT2D eigenvalue weighted by Crippen LogP contribution is 2.28. The minimum atomic E-state index is -0.228. The molecule has 3 aromatic carbocycles. The highest BCUT2D eigenvalue weighted by Gasteiger charge is 2.11. The van der Waals surface area contributed by atoms with E-state index in [1.807, 2.05) is 56.3 Å². The second-order valence-corrected chi connectivity index (χ2v) is 7.73. The molecule has 1 amide bonds. The maximum atomic E-state index is 12.1. The van der Waals surface area contributed by atoms with Gasteiger partial charge in [-0.1, -0.05) is 22.0 Å². The van der Waals surface area contributed by atoms with Crippen molar-refractivity contribution in [3.05, 3.63) is 76.3 Å². The highest BCUT2D eigenvalue weighted by atomic mass is 79.9. The van der Waals surface area contributed by atoms with Crippen LogP contribution in [0.5, 0.6) is 5.75 Å². The second-order valence-electron chi connectivity index (χ2n) is 6.82. The van der Waals surface area contributed by atoms with Crippen LogP contribution in [0.1, 0.15) is 11.1 Å². The lowest BCUT2D eigenvalue weighted by Gasteiger charge is -2.08. The molecule has 0 aliphatic carbocycles. The number of hydrogen-bond acceptors (Lipinski definition) is 4. The number of fused-ring (bicyclic) bond motifs is 1. The smallest absolute Gasteiger partial charge is 0.262 e. The molecule has 1 aromatic heterocycles. The van der Waals surface area contributed by atoms with E-state index in [0.717, 1.165) is 32.3 Å². The van der Waals surface area contributed by atoms with Crippen LogP contribution >= 0.6 is 15.9 Å². The van der Waals surface area contributed by atoms with Gasteiger partial charge in [0.1, 0.15) is 11.3 Å². The van der Waals surface area contributed by atoms with Crippen LogP contribution in [0.4, 0.5) is 5.69 Å². The summed E-state index contributed by atoms with van der Waals surface area (Å²) in [5, 5.41) is 2.82. The Hall–Kier alpha value is -3.12. The summed E-state index contributed by atoms with van der Waals surface area (Å²) < 4.78 is 12.4. The number of aromatic nitrogens is 1. The van der Waals surface area contributed by atoms with Crippen molar-refractivity contribution >= 4 is 38.6 Å². The Bertz CT molecular complexity index is 1170. The third-order valence-electron chi connectivity index (χ3n) is 4.42. The summed E-state index contributed by atoms with van der Waals surface area (Å²) in [5.41, 5.74) is 5.39. The summed E-state index contributed by atoms with van der Waals surface area (Å²) in [5.74, 6) is 0.971. The molecule has 0 saturated heterocycles. The molecular formula is C23H19BrN2O3. The number of nitrogens with zero attached hydrogens (tertiary/aromatic N) is 1. The minimum absolute atomic E-state index is 0.0624. The fraction of sp³-hybridized carbons (Fsp3) is 0.130. The first-order valence-corrected chi connectivity index (χ1v) is 9.94. The van der Waals surface area contributed by atoms with Gasteiger partial charge in [0, 0.05) is 15.7 Å². The van der Waals surface area contributed by atoms with Crippen LogP contribution < -0.4 is 10.1 Å². The van der Waals surface area contributed by atoms with Crippen molar-refractivity contribution in [1.82, 2.24) is 4.98 Å². The standard InChI is InChI=1S/C23H19BrN2O3/c1-14-11-15(2)22-20(12-14)26-23(29-22)16-3-7-18(8-4-16)25-21(27)13-28-19-9-5-17(24)6-10-19/h3-12H,13H2,1-2H3,(H,25,27). The number of amides is 1. The molecule has 0 aliphatic rings. The van der Waals surface area contributed by atoms with Gasteiger partial charge < -0.3 is 14.5 Å². The summed E-state index contributed by atoms with van der Waals surface area (Å²) in [6.07, 6.45) is 0. The molecule has 146 valence electrons. The zero-order valence-electron chi connectivity index (χ0n) is 16.0. The Labute approximate surface area is 176 Å². The van der Waals surface area contributed by atoms with Crippen molar-refractivity contribution in [2.24, 2.45) is 0 Å². The molecule has 4 aromatic rings. The first-order valence-electron chi connectivity index (χ1n) is 9.14. The molecule has 0 fully saturated rings. The van der Waals surface area contributed by atoms with Crippen LogP contribution in [-0.4, -0.2) is 17.5 Å². The molecule has 0 bridgehead atoms. The number of rotatable bonds is 5. The van der Waals surface area contributed by atoms with E-state index in [1.165, 1.54) is 0 Å². The number of halogens is 1. The second kappa shape index (κ2) is 8.09. The van der Waals surface area contributed by atoms with Crippen LogP contribution in [-0.2, 0) is 4.79 Å². The van der Waals surface area contributed by atoms with E-state index in [9.17, 15) is 4.79 Å². The molecule has 0 unspecified atom stereocenters. The van der Waals surface area contributed by atoms with E-state index in [0.29, 0.717) is 17.3 Å². The number of carbonyl (C=O) groups is 1. The average Bonchev–Trinajstić information content (AvgIpc) is 3.12. The van der Waals surface area contributed by atoms with Gasteiger partial charge in [0.2, 0.25) is 5.89 Å². The monoisotopic (exact) mass is 450 g/mol. The van der Waals surface area contributed by atoms with Crippen LogP contribution in [0.25, 0.3) is 22.6 Å². The number of benzene rings is 3. The molecule has 4 rings (SSSR count). The van der Waals surface area contributed by atoms with Crippen LogP contribution in [0, 0.1) is 13.8 Å². The lowest BCUT2D eigenvalue weighted by Crippen LogP contribution is -2.20. The molecule has 0 radical (unpaired) electrons. The molecule has 5 nitrogen and oxygen atoms in total. The number of nitrogens with one attached hydrogen (secondary N) is 1. The van der Waals surface area contributed by atoms with E-state index in [4.69, 9.17) is 9.15 Å². The third kappa shape index (κ3) is 4.49. The number of hydrogen-bond donors (Lipinski definition) is 1. The first-order chi connectivity index (χ1) is 14.0. The lowest BCUT2D eigenvalue weighted by molar-refractivity contribution is -0.118. The summed E-state index contributed by atoms with van der Waals surface area (Å²) >= 11 is 3.36. The predicted octanol–water partition coefficient (Wildman–Crippen LogP) is 5.89. The normalized spacial score (nSPS) is 10.9. The minimum Gasteiger partial charge on any atom is -0.484 e. The van der Waals surface area contributed by atoms with E-state index in [-0.39, 0.29) is 12.5 Å². The fourth-order valence-corrected chi connectivity index (χ4v) is 3.34. The maximum absolute atomic E-state index is 12.1. The number of ether oxygens (including phenoxy) is 1. The van der Waals surface area contributed by atoms with Crippen molar-refractivity contribution in [1.29, 1.82) is 0 Å². The molecule has 0 saturated carbocycles. The predicted molar refractivity (Wildman–Crippen MR) is 117 cm³/mol.